The predicted octanol–water partition coefficient (Wildman–Crippen LogP) is 2.68. The number of ether oxygens (including phenoxy) is 1. The Hall–Kier alpha value is 0.250. The van der Waals surface area contributed by atoms with Crippen LogP contribution in [0.15, 0.2) is 0 Å². The molecule has 0 N–H and O–H groups in total. The van der Waals surface area contributed by atoms with Gasteiger partial charge in [-0.3, -0.25) is 0 Å². The van der Waals surface area contributed by atoms with E-state index in [2.05, 4.69) is 6.92 Å². The summed E-state index contributed by atoms with van der Waals surface area (Å²) in [5.74, 6) is 2.37. The summed E-state index contributed by atoms with van der Waals surface area (Å²) in [4.78, 5) is 0. The highest BCUT2D eigenvalue weighted by Gasteiger charge is 2.21. The van der Waals surface area contributed by atoms with Crippen LogP contribution in [0.3, 0.4) is 0 Å². The average molecular weight is 177 g/mol. The van der Waals surface area contributed by atoms with E-state index in [9.17, 15) is 0 Å². The Kier molecular flexibility index (Phi) is 4.24. The molecule has 0 aromatic carbocycles. The second kappa shape index (κ2) is 5.00. The molecule has 0 bridgehead atoms. The minimum atomic E-state index is 0.723. The molecule has 66 valence electrons. The van der Waals surface area contributed by atoms with Gasteiger partial charge >= 0.3 is 0 Å². The molecule has 1 heterocycles. The normalized spacial score (nSPS) is 23.5. The van der Waals surface area contributed by atoms with Gasteiger partial charge in [-0.25, -0.2) is 0 Å². The molecule has 11 heavy (non-hydrogen) atoms. The smallest absolute Gasteiger partial charge is 0.0468 e. The second-order valence-electron chi connectivity index (χ2n) is 3.27. The summed E-state index contributed by atoms with van der Waals surface area (Å²) in [6.07, 6.45) is 3.64. The molecule has 1 fully saturated rings. The lowest BCUT2D eigenvalue weighted by Crippen LogP contribution is -2.23. The van der Waals surface area contributed by atoms with Gasteiger partial charge in [0, 0.05) is 19.1 Å². The van der Waals surface area contributed by atoms with Gasteiger partial charge in [0.2, 0.25) is 0 Å². The summed E-state index contributed by atoms with van der Waals surface area (Å²) in [7, 11) is 0. The molecule has 0 aliphatic carbocycles. The zero-order chi connectivity index (χ0) is 8.10. The molecule has 1 rings (SSSR count). The predicted molar refractivity (Wildman–Crippen MR) is 48.0 cm³/mol. The standard InChI is InChI=1S/C9H17ClO/c1-2-8(7-10)9-3-5-11-6-4-9/h8-9H,2-7H2,1H3. The lowest BCUT2D eigenvalue weighted by atomic mass is 9.86. The molecule has 1 nitrogen and oxygen atoms in total. The maximum absolute atomic E-state index is 5.86. The first-order valence-electron chi connectivity index (χ1n) is 4.52. The number of alkyl halides is 1. The van der Waals surface area contributed by atoms with Crippen molar-refractivity contribution in [2.75, 3.05) is 19.1 Å². The van der Waals surface area contributed by atoms with Crippen LogP contribution in [-0.2, 0) is 4.74 Å². The maximum Gasteiger partial charge on any atom is 0.0468 e. The summed E-state index contributed by atoms with van der Waals surface area (Å²) in [5.41, 5.74) is 0. The van der Waals surface area contributed by atoms with Gasteiger partial charge in [-0.05, 0) is 24.7 Å². The van der Waals surface area contributed by atoms with Crippen molar-refractivity contribution in [2.45, 2.75) is 26.2 Å². The molecular weight excluding hydrogens is 160 g/mol. The molecule has 0 spiro atoms. The van der Waals surface area contributed by atoms with E-state index in [1.807, 2.05) is 0 Å². The molecule has 1 atom stereocenters. The first-order valence-corrected chi connectivity index (χ1v) is 5.05. The van der Waals surface area contributed by atoms with E-state index in [1.54, 1.807) is 0 Å². The van der Waals surface area contributed by atoms with Crippen molar-refractivity contribution in [1.29, 1.82) is 0 Å². The first kappa shape index (κ1) is 9.34. The molecule has 0 aromatic rings. The third-order valence-electron chi connectivity index (χ3n) is 2.66. The van der Waals surface area contributed by atoms with Gasteiger partial charge in [0.1, 0.15) is 0 Å². The molecule has 2 heteroatoms. The largest absolute Gasteiger partial charge is 0.381 e. The maximum atomic E-state index is 5.86. The lowest BCUT2D eigenvalue weighted by Gasteiger charge is -2.28. The van der Waals surface area contributed by atoms with Gasteiger partial charge in [-0.2, -0.15) is 0 Å². The van der Waals surface area contributed by atoms with Crippen LogP contribution in [-0.4, -0.2) is 19.1 Å². The zero-order valence-corrected chi connectivity index (χ0v) is 7.94. The third-order valence-corrected chi connectivity index (χ3v) is 3.05. The summed E-state index contributed by atoms with van der Waals surface area (Å²) in [5, 5.41) is 0. The van der Waals surface area contributed by atoms with Gasteiger partial charge < -0.3 is 4.74 Å². The van der Waals surface area contributed by atoms with Crippen molar-refractivity contribution in [1.82, 2.24) is 0 Å². The molecule has 0 saturated carbocycles. The Morgan fingerprint density at radius 2 is 2.09 bits per heavy atom. The van der Waals surface area contributed by atoms with Gasteiger partial charge in [-0.15, -0.1) is 11.6 Å². The Bertz CT molecular complexity index is 95.7. The Morgan fingerprint density at radius 3 is 2.55 bits per heavy atom. The molecule has 1 unspecified atom stereocenters. The summed E-state index contributed by atoms with van der Waals surface area (Å²) < 4.78 is 5.30. The fraction of sp³-hybridized carbons (Fsp3) is 1.00. The molecule has 0 amide bonds. The van der Waals surface area contributed by atoms with Gasteiger partial charge in [0.15, 0.2) is 0 Å². The van der Waals surface area contributed by atoms with Crippen molar-refractivity contribution in [2.24, 2.45) is 11.8 Å². The SMILES string of the molecule is CCC(CCl)C1CCOCC1. The van der Waals surface area contributed by atoms with E-state index < -0.39 is 0 Å². The van der Waals surface area contributed by atoms with E-state index in [4.69, 9.17) is 16.3 Å². The summed E-state index contributed by atoms with van der Waals surface area (Å²) >= 11 is 5.86. The van der Waals surface area contributed by atoms with Crippen LogP contribution in [0.4, 0.5) is 0 Å². The lowest BCUT2D eigenvalue weighted by molar-refractivity contribution is 0.0495. The highest BCUT2D eigenvalue weighted by Crippen LogP contribution is 2.26. The van der Waals surface area contributed by atoms with Crippen molar-refractivity contribution in [3.05, 3.63) is 0 Å². The fourth-order valence-corrected chi connectivity index (χ4v) is 2.23. The molecule has 1 saturated heterocycles. The molecule has 0 radical (unpaired) electrons. The van der Waals surface area contributed by atoms with E-state index in [0.29, 0.717) is 0 Å². The van der Waals surface area contributed by atoms with E-state index in [-0.39, 0.29) is 0 Å². The first-order chi connectivity index (χ1) is 5.38. The summed E-state index contributed by atoms with van der Waals surface area (Å²) in [6.45, 7) is 4.11. The number of hydrogen-bond acceptors (Lipinski definition) is 1. The number of halogens is 1. The topological polar surface area (TPSA) is 9.23 Å². The van der Waals surface area contributed by atoms with Crippen molar-refractivity contribution < 1.29 is 4.74 Å². The zero-order valence-electron chi connectivity index (χ0n) is 7.18. The minimum Gasteiger partial charge on any atom is -0.381 e. The molecule has 0 aromatic heterocycles. The fourth-order valence-electron chi connectivity index (χ4n) is 1.76. The third kappa shape index (κ3) is 2.64. The van der Waals surface area contributed by atoms with E-state index in [1.165, 1.54) is 19.3 Å². The van der Waals surface area contributed by atoms with Gasteiger partial charge in [0.25, 0.3) is 0 Å². The molecule has 1 aliphatic heterocycles. The van der Waals surface area contributed by atoms with Crippen LogP contribution in [0.5, 0.6) is 0 Å². The quantitative estimate of drug-likeness (QED) is 0.601. The highest BCUT2D eigenvalue weighted by atomic mass is 35.5. The van der Waals surface area contributed by atoms with Crippen LogP contribution in [0, 0.1) is 11.8 Å². The monoisotopic (exact) mass is 176 g/mol. The molecular formula is C9H17ClO. The summed E-state index contributed by atoms with van der Waals surface area (Å²) in [6, 6.07) is 0. The Morgan fingerprint density at radius 1 is 1.45 bits per heavy atom. The Labute approximate surface area is 74.1 Å². The van der Waals surface area contributed by atoms with E-state index >= 15 is 0 Å². The molecule has 1 aliphatic rings. The number of hydrogen-bond donors (Lipinski definition) is 0. The van der Waals surface area contributed by atoms with Crippen LogP contribution in [0.1, 0.15) is 26.2 Å². The average Bonchev–Trinajstić information content (AvgIpc) is 2.09. The van der Waals surface area contributed by atoms with Gasteiger partial charge in [0.05, 0.1) is 0 Å². The van der Waals surface area contributed by atoms with Crippen LogP contribution in [0.25, 0.3) is 0 Å². The van der Waals surface area contributed by atoms with Crippen molar-refractivity contribution in [3.63, 3.8) is 0 Å². The van der Waals surface area contributed by atoms with E-state index in [0.717, 1.165) is 30.9 Å². The number of rotatable bonds is 3. The van der Waals surface area contributed by atoms with Crippen LogP contribution in [0.2, 0.25) is 0 Å². The van der Waals surface area contributed by atoms with Gasteiger partial charge in [-0.1, -0.05) is 13.3 Å². The minimum absolute atomic E-state index is 0.723. The second-order valence-corrected chi connectivity index (χ2v) is 3.58. The van der Waals surface area contributed by atoms with Crippen LogP contribution >= 0.6 is 11.6 Å². The Balaban J connectivity index is 2.30. The van der Waals surface area contributed by atoms with Crippen molar-refractivity contribution in [3.8, 4) is 0 Å². The highest BCUT2D eigenvalue weighted by molar-refractivity contribution is 6.18. The van der Waals surface area contributed by atoms with Crippen molar-refractivity contribution >= 4 is 11.6 Å². The van der Waals surface area contributed by atoms with Crippen LogP contribution < -0.4 is 0 Å².